The number of carbonyl (C=O) groups is 1. The molecule has 0 aliphatic rings. The van der Waals surface area contributed by atoms with Gasteiger partial charge < -0.3 is 15.4 Å². The molecule has 0 spiro atoms. The van der Waals surface area contributed by atoms with E-state index in [1.165, 1.54) is 13.4 Å². The van der Waals surface area contributed by atoms with Gasteiger partial charge in [-0.3, -0.25) is 4.79 Å². The van der Waals surface area contributed by atoms with E-state index in [2.05, 4.69) is 10.1 Å². The van der Waals surface area contributed by atoms with E-state index in [1.807, 2.05) is 31.2 Å². The fourth-order valence-electron chi connectivity index (χ4n) is 2.17. The molecule has 1 aromatic heterocycles. The van der Waals surface area contributed by atoms with Crippen molar-refractivity contribution in [1.82, 2.24) is 19.7 Å². The van der Waals surface area contributed by atoms with Crippen molar-refractivity contribution in [2.24, 2.45) is 5.73 Å². The molecule has 8 heteroatoms. The number of likely N-dealkylation sites (N-methyl/N-ethyl adjacent to an activating group) is 1. The second-order valence-electron chi connectivity index (χ2n) is 5.12. The second kappa shape index (κ2) is 8.61. The van der Waals surface area contributed by atoms with E-state index in [1.54, 1.807) is 23.0 Å². The Labute approximate surface area is 141 Å². The van der Waals surface area contributed by atoms with Gasteiger partial charge in [-0.2, -0.15) is 5.10 Å². The minimum absolute atomic E-state index is 0. The van der Waals surface area contributed by atoms with Crippen molar-refractivity contribution in [2.75, 3.05) is 20.8 Å². The topological polar surface area (TPSA) is 86.3 Å². The van der Waals surface area contributed by atoms with Gasteiger partial charge in [-0.15, -0.1) is 12.4 Å². The van der Waals surface area contributed by atoms with Crippen LogP contribution in [0.5, 0.6) is 0 Å². The van der Waals surface area contributed by atoms with Crippen molar-refractivity contribution in [3.05, 3.63) is 42.5 Å². The van der Waals surface area contributed by atoms with Gasteiger partial charge >= 0.3 is 0 Å². The molecule has 1 amide bonds. The Morgan fingerprint density at radius 1 is 1.39 bits per heavy atom. The standard InChI is InChI=1S/C15H21N5O2.ClH/c1-11(19(2)15(21)14(16)8-22-3)12-4-6-13(7-5-12)20-10-17-9-18-20;/h4-7,9-11,14H,8,16H2,1-3H3;1H. The highest BCUT2D eigenvalue weighted by atomic mass is 35.5. The summed E-state index contributed by atoms with van der Waals surface area (Å²) in [7, 11) is 3.27. The number of methoxy groups -OCH3 is 1. The van der Waals surface area contributed by atoms with E-state index >= 15 is 0 Å². The summed E-state index contributed by atoms with van der Waals surface area (Å²) in [5.74, 6) is -0.144. The predicted octanol–water partition coefficient (Wildman–Crippen LogP) is 1.18. The summed E-state index contributed by atoms with van der Waals surface area (Å²) < 4.78 is 6.61. The molecule has 0 aliphatic carbocycles. The third kappa shape index (κ3) is 4.51. The van der Waals surface area contributed by atoms with Crippen molar-refractivity contribution in [3.63, 3.8) is 0 Å². The van der Waals surface area contributed by atoms with Crippen LogP contribution in [0.25, 0.3) is 5.69 Å². The number of ether oxygens (including phenoxy) is 1. The van der Waals surface area contributed by atoms with Crippen LogP contribution >= 0.6 is 12.4 Å². The number of amides is 1. The third-order valence-corrected chi connectivity index (χ3v) is 3.65. The van der Waals surface area contributed by atoms with Crippen LogP contribution in [0.1, 0.15) is 18.5 Å². The van der Waals surface area contributed by atoms with Crippen LogP contribution in [-0.2, 0) is 9.53 Å². The number of carbonyl (C=O) groups excluding carboxylic acids is 1. The lowest BCUT2D eigenvalue weighted by Gasteiger charge is -2.27. The van der Waals surface area contributed by atoms with Crippen molar-refractivity contribution in [3.8, 4) is 5.69 Å². The first-order valence-corrected chi connectivity index (χ1v) is 7.00. The summed E-state index contributed by atoms with van der Waals surface area (Å²) >= 11 is 0. The van der Waals surface area contributed by atoms with Crippen LogP contribution in [0.4, 0.5) is 0 Å². The molecular weight excluding hydrogens is 318 g/mol. The summed E-state index contributed by atoms with van der Waals surface area (Å²) in [4.78, 5) is 17.8. The molecule has 0 saturated heterocycles. The minimum Gasteiger partial charge on any atom is -0.383 e. The van der Waals surface area contributed by atoms with Crippen LogP contribution < -0.4 is 5.73 Å². The smallest absolute Gasteiger partial charge is 0.242 e. The maximum absolute atomic E-state index is 12.2. The first-order valence-electron chi connectivity index (χ1n) is 7.00. The summed E-state index contributed by atoms with van der Waals surface area (Å²) in [5.41, 5.74) is 7.73. The van der Waals surface area contributed by atoms with Gasteiger partial charge in [0.1, 0.15) is 18.7 Å². The van der Waals surface area contributed by atoms with E-state index in [-0.39, 0.29) is 31.0 Å². The highest BCUT2D eigenvalue weighted by Gasteiger charge is 2.22. The molecule has 2 rings (SSSR count). The molecule has 0 bridgehead atoms. The average molecular weight is 340 g/mol. The largest absolute Gasteiger partial charge is 0.383 e. The fraction of sp³-hybridized carbons (Fsp3) is 0.400. The van der Waals surface area contributed by atoms with Gasteiger partial charge in [0.05, 0.1) is 18.3 Å². The van der Waals surface area contributed by atoms with E-state index in [9.17, 15) is 4.79 Å². The summed E-state index contributed by atoms with van der Waals surface area (Å²) in [6.45, 7) is 2.17. The van der Waals surface area contributed by atoms with Crippen LogP contribution in [-0.4, -0.2) is 52.4 Å². The van der Waals surface area contributed by atoms with Crippen molar-refractivity contribution in [2.45, 2.75) is 19.0 Å². The molecular formula is C15H22ClN5O2. The van der Waals surface area contributed by atoms with Gasteiger partial charge in [0.15, 0.2) is 0 Å². The number of hydrogen-bond acceptors (Lipinski definition) is 5. The maximum atomic E-state index is 12.2. The van der Waals surface area contributed by atoms with Gasteiger partial charge in [-0.25, -0.2) is 9.67 Å². The Morgan fingerprint density at radius 3 is 2.57 bits per heavy atom. The molecule has 7 nitrogen and oxygen atoms in total. The maximum Gasteiger partial charge on any atom is 0.242 e. The zero-order valence-corrected chi connectivity index (χ0v) is 14.2. The zero-order chi connectivity index (χ0) is 16.1. The minimum atomic E-state index is -0.646. The van der Waals surface area contributed by atoms with Gasteiger partial charge in [-0.05, 0) is 24.6 Å². The Morgan fingerprint density at radius 2 is 2.04 bits per heavy atom. The Kier molecular flexibility index (Phi) is 7.15. The summed E-state index contributed by atoms with van der Waals surface area (Å²) in [6.07, 6.45) is 3.12. The summed E-state index contributed by atoms with van der Waals surface area (Å²) in [6, 6.07) is 7.08. The molecule has 1 aromatic carbocycles. The van der Waals surface area contributed by atoms with E-state index in [4.69, 9.17) is 10.5 Å². The Hall–Kier alpha value is -1.96. The van der Waals surface area contributed by atoms with Gasteiger partial charge in [-0.1, -0.05) is 12.1 Å². The number of nitrogens with two attached hydrogens (primary N) is 1. The second-order valence-corrected chi connectivity index (χ2v) is 5.12. The lowest BCUT2D eigenvalue weighted by Crippen LogP contribution is -2.45. The van der Waals surface area contributed by atoms with E-state index < -0.39 is 6.04 Å². The number of aromatic nitrogens is 3. The van der Waals surface area contributed by atoms with Crippen LogP contribution in [0, 0.1) is 0 Å². The molecule has 0 fully saturated rings. The molecule has 2 N–H and O–H groups in total. The van der Waals surface area contributed by atoms with Crippen LogP contribution in [0.2, 0.25) is 0 Å². The highest BCUT2D eigenvalue weighted by Crippen LogP contribution is 2.20. The number of rotatable bonds is 6. The number of hydrogen-bond donors (Lipinski definition) is 1. The van der Waals surface area contributed by atoms with Crippen molar-refractivity contribution in [1.29, 1.82) is 0 Å². The zero-order valence-electron chi connectivity index (χ0n) is 13.4. The average Bonchev–Trinajstić information content (AvgIpc) is 3.07. The summed E-state index contributed by atoms with van der Waals surface area (Å²) in [5, 5.41) is 4.08. The lowest BCUT2D eigenvalue weighted by atomic mass is 10.1. The van der Waals surface area contributed by atoms with Gasteiger partial charge in [0, 0.05) is 14.2 Å². The normalized spacial score (nSPS) is 13.0. The van der Waals surface area contributed by atoms with Gasteiger partial charge in [0.25, 0.3) is 0 Å². The molecule has 23 heavy (non-hydrogen) atoms. The Balaban J connectivity index is 0.00000264. The molecule has 126 valence electrons. The fourth-order valence-corrected chi connectivity index (χ4v) is 2.17. The van der Waals surface area contributed by atoms with Crippen LogP contribution in [0.3, 0.4) is 0 Å². The predicted molar refractivity (Wildman–Crippen MR) is 89.6 cm³/mol. The molecule has 2 unspecified atom stereocenters. The molecule has 0 aliphatic heterocycles. The van der Waals surface area contributed by atoms with Crippen molar-refractivity contribution >= 4 is 18.3 Å². The van der Waals surface area contributed by atoms with Gasteiger partial charge in [0.2, 0.25) is 5.91 Å². The van der Waals surface area contributed by atoms with Crippen LogP contribution in [0.15, 0.2) is 36.9 Å². The molecule has 0 saturated carbocycles. The Bertz CT molecular complexity index is 603. The molecule has 1 heterocycles. The molecule has 0 radical (unpaired) electrons. The first kappa shape index (κ1) is 19.1. The molecule has 2 atom stereocenters. The van der Waals surface area contributed by atoms with E-state index in [0.29, 0.717) is 0 Å². The lowest BCUT2D eigenvalue weighted by molar-refractivity contribution is -0.134. The quantitative estimate of drug-likeness (QED) is 0.854. The third-order valence-electron chi connectivity index (χ3n) is 3.65. The highest BCUT2D eigenvalue weighted by molar-refractivity contribution is 5.85. The van der Waals surface area contributed by atoms with E-state index in [0.717, 1.165) is 11.3 Å². The number of halogens is 1. The SMILES string of the molecule is COCC(N)C(=O)N(C)C(C)c1ccc(-n2cncn2)cc1.Cl. The number of benzene rings is 1. The number of nitrogens with zero attached hydrogens (tertiary/aromatic N) is 4. The first-order chi connectivity index (χ1) is 10.5. The van der Waals surface area contributed by atoms with Crippen molar-refractivity contribution < 1.29 is 9.53 Å². The molecule has 2 aromatic rings. The monoisotopic (exact) mass is 339 g/mol.